The van der Waals surface area contributed by atoms with Crippen LogP contribution in [0.5, 0.6) is 0 Å². The molecule has 1 aliphatic carbocycles. The third-order valence-corrected chi connectivity index (χ3v) is 4.66. The number of amides is 1. The van der Waals surface area contributed by atoms with Gasteiger partial charge in [-0.15, -0.1) is 0 Å². The van der Waals surface area contributed by atoms with Crippen LogP contribution in [-0.4, -0.2) is 55.7 Å². The van der Waals surface area contributed by atoms with Crippen LogP contribution >= 0.6 is 0 Å². The SMILES string of the molecule is NCCCCNC(=O)CC1(N2CCOCC2)CCCC1. The molecule has 5 nitrogen and oxygen atoms in total. The highest BCUT2D eigenvalue weighted by Crippen LogP contribution is 2.38. The summed E-state index contributed by atoms with van der Waals surface area (Å²) in [6, 6.07) is 0. The van der Waals surface area contributed by atoms with Crippen LogP contribution in [0.2, 0.25) is 0 Å². The molecule has 5 heteroatoms. The molecule has 0 bridgehead atoms. The van der Waals surface area contributed by atoms with Crippen molar-refractivity contribution in [3.8, 4) is 0 Å². The summed E-state index contributed by atoms with van der Waals surface area (Å²) in [4.78, 5) is 14.7. The zero-order valence-corrected chi connectivity index (χ0v) is 12.5. The minimum Gasteiger partial charge on any atom is -0.379 e. The first-order chi connectivity index (χ1) is 9.77. The first kappa shape index (κ1) is 15.7. The van der Waals surface area contributed by atoms with Gasteiger partial charge in [-0.1, -0.05) is 12.8 Å². The number of nitrogens with two attached hydrogens (primary N) is 1. The van der Waals surface area contributed by atoms with Crippen LogP contribution in [-0.2, 0) is 9.53 Å². The molecule has 116 valence electrons. The van der Waals surface area contributed by atoms with Crippen LogP contribution in [0.25, 0.3) is 0 Å². The van der Waals surface area contributed by atoms with Gasteiger partial charge in [0.1, 0.15) is 0 Å². The number of rotatable bonds is 7. The summed E-state index contributed by atoms with van der Waals surface area (Å²) in [7, 11) is 0. The normalized spacial score (nSPS) is 22.9. The fourth-order valence-corrected chi connectivity index (χ4v) is 3.53. The molecular weight excluding hydrogens is 254 g/mol. The van der Waals surface area contributed by atoms with Gasteiger partial charge in [0.25, 0.3) is 0 Å². The van der Waals surface area contributed by atoms with Crippen molar-refractivity contribution in [2.24, 2.45) is 5.73 Å². The first-order valence-corrected chi connectivity index (χ1v) is 8.06. The number of hydrogen-bond acceptors (Lipinski definition) is 4. The van der Waals surface area contributed by atoms with Crippen molar-refractivity contribution in [2.45, 2.75) is 50.5 Å². The van der Waals surface area contributed by atoms with E-state index in [0.29, 0.717) is 13.0 Å². The number of carbonyl (C=O) groups excluding carboxylic acids is 1. The Hall–Kier alpha value is -0.650. The molecule has 2 rings (SSSR count). The Balaban J connectivity index is 1.83. The van der Waals surface area contributed by atoms with Gasteiger partial charge in [-0.3, -0.25) is 9.69 Å². The molecule has 2 aliphatic rings. The van der Waals surface area contributed by atoms with Crippen molar-refractivity contribution in [2.75, 3.05) is 39.4 Å². The maximum Gasteiger partial charge on any atom is 0.221 e. The highest BCUT2D eigenvalue weighted by atomic mass is 16.5. The number of nitrogens with zero attached hydrogens (tertiary/aromatic N) is 1. The molecule has 1 amide bonds. The summed E-state index contributed by atoms with van der Waals surface area (Å²) in [5, 5.41) is 3.06. The van der Waals surface area contributed by atoms with Crippen LogP contribution in [0.4, 0.5) is 0 Å². The highest BCUT2D eigenvalue weighted by molar-refractivity contribution is 5.77. The molecule has 0 atom stereocenters. The van der Waals surface area contributed by atoms with Gasteiger partial charge < -0.3 is 15.8 Å². The third-order valence-electron chi connectivity index (χ3n) is 4.66. The van der Waals surface area contributed by atoms with Crippen LogP contribution in [0.15, 0.2) is 0 Å². The van der Waals surface area contributed by atoms with E-state index >= 15 is 0 Å². The van der Waals surface area contributed by atoms with Crippen LogP contribution in [0, 0.1) is 0 Å². The second-order valence-corrected chi connectivity index (χ2v) is 6.05. The minimum absolute atomic E-state index is 0.0989. The van der Waals surface area contributed by atoms with Gasteiger partial charge >= 0.3 is 0 Å². The van der Waals surface area contributed by atoms with Crippen LogP contribution in [0.3, 0.4) is 0 Å². The second-order valence-electron chi connectivity index (χ2n) is 6.05. The molecule has 1 saturated carbocycles. The lowest BCUT2D eigenvalue weighted by Gasteiger charge is -2.43. The third kappa shape index (κ3) is 4.17. The molecule has 0 radical (unpaired) electrons. The smallest absolute Gasteiger partial charge is 0.221 e. The van der Waals surface area contributed by atoms with E-state index in [1.54, 1.807) is 0 Å². The molecule has 3 N–H and O–H groups in total. The molecule has 0 aromatic carbocycles. The zero-order chi connectivity index (χ0) is 14.3. The number of carbonyl (C=O) groups is 1. The van der Waals surface area contributed by atoms with Crippen molar-refractivity contribution < 1.29 is 9.53 Å². The van der Waals surface area contributed by atoms with Crippen LogP contribution < -0.4 is 11.1 Å². The van der Waals surface area contributed by atoms with E-state index in [1.807, 2.05) is 0 Å². The predicted octanol–water partition coefficient (Wildman–Crippen LogP) is 0.877. The molecule has 0 spiro atoms. The topological polar surface area (TPSA) is 67.6 Å². The molecule has 0 aromatic rings. The van der Waals surface area contributed by atoms with E-state index in [1.165, 1.54) is 12.8 Å². The van der Waals surface area contributed by atoms with Gasteiger partial charge in [0.15, 0.2) is 0 Å². The lowest BCUT2D eigenvalue weighted by molar-refractivity contribution is -0.125. The number of unbranched alkanes of at least 4 members (excludes halogenated alkanes) is 1. The fourth-order valence-electron chi connectivity index (χ4n) is 3.53. The van der Waals surface area contributed by atoms with Gasteiger partial charge in [0.2, 0.25) is 5.91 Å². The van der Waals surface area contributed by atoms with Crippen molar-refractivity contribution in [3.63, 3.8) is 0 Å². The summed E-state index contributed by atoms with van der Waals surface area (Å²) in [6.45, 7) is 5.02. The number of ether oxygens (including phenoxy) is 1. The molecule has 0 aromatic heterocycles. The lowest BCUT2D eigenvalue weighted by Crippen LogP contribution is -2.54. The first-order valence-electron chi connectivity index (χ1n) is 8.06. The van der Waals surface area contributed by atoms with Gasteiger partial charge in [0, 0.05) is 31.6 Å². The maximum absolute atomic E-state index is 12.2. The van der Waals surface area contributed by atoms with Gasteiger partial charge in [0.05, 0.1) is 13.2 Å². The largest absolute Gasteiger partial charge is 0.379 e. The Labute approximate surface area is 122 Å². The van der Waals surface area contributed by atoms with Gasteiger partial charge in [-0.05, 0) is 32.2 Å². The van der Waals surface area contributed by atoms with Crippen molar-refractivity contribution in [3.05, 3.63) is 0 Å². The Kier molecular flexibility index (Phi) is 6.26. The Morgan fingerprint density at radius 1 is 1.20 bits per heavy atom. The average Bonchev–Trinajstić information content (AvgIpc) is 2.94. The standard InChI is InChI=1S/C15H29N3O2/c16-7-3-4-8-17-14(19)13-15(5-1-2-6-15)18-9-11-20-12-10-18/h1-13,16H2,(H,17,19). The van der Waals surface area contributed by atoms with E-state index in [-0.39, 0.29) is 11.4 Å². The van der Waals surface area contributed by atoms with Crippen molar-refractivity contribution in [1.29, 1.82) is 0 Å². The van der Waals surface area contributed by atoms with E-state index < -0.39 is 0 Å². The van der Waals surface area contributed by atoms with Crippen LogP contribution in [0.1, 0.15) is 44.9 Å². The summed E-state index contributed by atoms with van der Waals surface area (Å²) < 4.78 is 5.45. The Bertz CT molecular complexity index is 297. The molecule has 1 saturated heterocycles. The molecule has 1 heterocycles. The molecule has 0 unspecified atom stereocenters. The van der Waals surface area contributed by atoms with Gasteiger partial charge in [-0.25, -0.2) is 0 Å². The average molecular weight is 283 g/mol. The molecule has 20 heavy (non-hydrogen) atoms. The maximum atomic E-state index is 12.2. The number of nitrogens with one attached hydrogen (secondary N) is 1. The Morgan fingerprint density at radius 3 is 2.55 bits per heavy atom. The quantitative estimate of drug-likeness (QED) is 0.681. The monoisotopic (exact) mass is 283 g/mol. The summed E-state index contributed by atoms with van der Waals surface area (Å²) in [5.41, 5.74) is 5.56. The predicted molar refractivity (Wildman–Crippen MR) is 79.5 cm³/mol. The molecule has 2 fully saturated rings. The van der Waals surface area contributed by atoms with E-state index in [2.05, 4.69) is 10.2 Å². The minimum atomic E-state index is 0.0989. The lowest BCUT2D eigenvalue weighted by atomic mass is 9.90. The van der Waals surface area contributed by atoms with Crippen molar-refractivity contribution in [1.82, 2.24) is 10.2 Å². The highest BCUT2D eigenvalue weighted by Gasteiger charge is 2.41. The molecular formula is C15H29N3O2. The van der Waals surface area contributed by atoms with E-state index in [9.17, 15) is 4.79 Å². The second kappa shape index (κ2) is 7.96. The van der Waals surface area contributed by atoms with Crippen molar-refractivity contribution >= 4 is 5.91 Å². The number of morpholine rings is 1. The van der Waals surface area contributed by atoms with Gasteiger partial charge in [-0.2, -0.15) is 0 Å². The zero-order valence-electron chi connectivity index (χ0n) is 12.5. The summed E-state index contributed by atoms with van der Waals surface area (Å²) >= 11 is 0. The molecule has 1 aliphatic heterocycles. The van der Waals surface area contributed by atoms with E-state index in [4.69, 9.17) is 10.5 Å². The van der Waals surface area contributed by atoms with E-state index in [0.717, 1.165) is 58.5 Å². The summed E-state index contributed by atoms with van der Waals surface area (Å²) in [5.74, 6) is 0.204. The summed E-state index contributed by atoms with van der Waals surface area (Å²) in [6.07, 6.45) is 7.42. The number of hydrogen-bond donors (Lipinski definition) is 2. The fraction of sp³-hybridized carbons (Fsp3) is 0.933. The Morgan fingerprint density at radius 2 is 1.90 bits per heavy atom.